The summed E-state index contributed by atoms with van der Waals surface area (Å²) in [5, 5.41) is 0. The highest BCUT2D eigenvalue weighted by Crippen LogP contribution is 2.34. The minimum atomic E-state index is -0.486. The summed E-state index contributed by atoms with van der Waals surface area (Å²) in [6, 6.07) is 0. The lowest BCUT2D eigenvalue weighted by molar-refractivity contribution is -0.100. The molecule has 0 unspecified atom stereocenters. The number of hydrogen-bond acceptors (Lipinski definition) is 5. The molecule has 0 spiro atoms. The molecule has 1 saturated heterocycles. The Morgan fingerprint density at radius 2 is 2.17 bits per heavy atom. The van der Waals surface area contributed by atoms with E-state index >= 15 is 0 Å². The Balaban J connectivity index is 2.05. The summed E-state index contributed by atoms with van der Waals surface area (Å²) in [5.74, 6) is 2.25. The molecule has 1 aromatic heterocycles. The summed E-state index contributed by atoms with van der Waals surface area (Å²) in [6.45, 7) is 1.28. The van der Waals surface area contributed by atoms with Crippen molar-refractivity contribution in [3.8, 4) is 0 Å². The Hall–Kier alpha value is -0.850. The molecule has 0 bridgehead atoms. The van der Waals surface area contributed by atoms with Crippen LogP contribution in [-0.4, -0.2) is 30.3 Å². The molecule has 5 nitrogen and oxygen atoms in total. The highest BCUT2D eigenvalue weighted by atomic mass is 32.2. The molecular formula is C12H16N2O3S. The summed E-state index contributed by atoms with van der Waals surface area (Å²) >= 11 is 1.73. The maximum absolute atomic E-state index is 12.0. The molecule has 1 fully saturated rings. The highest BCUT2D eigenvalue weighted by molar-refractivity contribution is 7.98. The van der Waals surface area contributed by atoms with E-state index in [1.807, 2.05) is 0 Å². The van der Waals surface area contributed by atoms with Crippen molar-refractivity contribution in [3.05, 3.63) is 27.4 Å². The van der Waals surface area contributed by atoms with Gasteiger partial charge in [-0.05, 0) is 0 Å². The number of thioether (sulfide) groups is 1. The summed E-state index contributed by atoms with van der Waals surface area (Å²) in [7, 11) is 1.67. The van der Waals surface area contributed by atoms with Crippen LogP contribution in [0.15, 0.2) is 4.79 Å². The van der Waals surface area contributed by atoms with Gasteiger partial charge in [-0.15, -0.1) is 0 Å². The molecule has 18 heavy (non-hydrogen) atoms. The Bertz CT molecular complexity index is 509. The number of aromatic nitrogens is 2. The third-order valence-electron chi connectivity index (χ3n) is 3.71. The lowest BCUT2D eigenvalue weighted by atomic mass is 9.93. The lowest BCUT2D eigenvalue weighted by Crippen LogP contribution is -2.39. The first-order valence-electron chi connectivity index (χ1n) is 6.08. The van der Waals surface area contributed by atoms with Crippen LogP contribution < -0.4 is 5.56 Å². The lowest BCUT2D eigenvalue weighted by Gasteiger charge is -2.34. The van der Waals surface area contributed by atoms with Gasteiger partial charge in [-0.2, -0.15) is 11.8 Å². The monoisotopic (exact) mass is 268 g/mol. The van der Waals surface area contributed by atoms with E-state index in [0.29, 0.717) is 19.0 Å². The van der Waals surface area contributed by atoms with E-state index in [-0.39, 0.29) is 5.56 Å². The molecule has 3 rings (SSSR count). The van der Waals surface area contributed by atoms with Gasteiger partial charge in [0.15, 0.2) is 0 Å². The van der Waals surface area contributed by atoms with Crippen LogP contribution in [0.1, 0.15) is 29.9 Å². The maximum Gasteiger partial charge on any atom is 0.255 e. The Morgan fingerprint density at radius 3 is 2.89 bits per heavy atom. The van der Waals surface area contributed by atoms with Gasteiger partial charge in [-0.25, -0.2) is 4.98 Å². The van der Waals surface area contributed by atoms with E-state index < -0.39 is 5.60 Å². The van der Waals surface area contributed by atoms with Crippen LogP contribution in [-0.2, 0) is 26.6 Å². The second kappa shape index (κ2) is 4.68. The van der Waals surface area contributed by atoms with E-state index in [9.17, 15) is 4.79 Å². The summed E-state index contributed by atoms with van der Waals surface area (Å²) < 4.78 is 11.0. The van der Waals surface area contributed by atoms with Crippen molar-refractivity contribution >= 4 is 11.8 Å². The quantitative estimate of drug-likeness (QED) is 0.872. The number of fused-ring (bicyclic) bond motifs is 1. The van der Waals surface area contributed by atoms with Gasteiger partial charge in [0.05, 0.1) is 5.69 Å². The van der Waals surface area contributed by atoms with Crippen LogP contribution in [0.5, 0.6) is 0 Å². The maximum atomic E-state index is 12.0. The van der Waals surface area contributed by atoms with E-state index in [1.54, 1.807) is 18.9 Å². The second-order valence-electron chi connectivity index (χ2n) is 4.64. The predicted octanol–water partition coefficient (Wildman–Crippen LogP) is 1.17. The molecular weight excluding hydrogens is 252 g/mol. The molecule has 0 radical (unpaired) electrons. The second-order valence-corrected chi connectivity index (χ2v) is 5.63. The van der Waals surface area contributed by atoms with Crippen molar-refractivity contribution in [2.45, 2.75) is 29.9 Å². The van der Waals surface area contributed by atoms with Crippen molar-refractivity contribution in [1.29, 1.82) is 0 Å². The van der Waals surface area contributed by atoms with Gasteiger partial charge in [-0.3, -0.25) is 4.79 Å². The number of nitrogens with zero attached hydrogens (tertiary/aromatic N) is 1. The minimum absolute atomic E-state index is 0.0112. The van der Waals surface area contributed by atoms with Crippen molar-refractivity contribution < 1.29 is 9.47 Å². The topological polar surface area (TPSA) is 64.2 Å². The normalized spacial score (nSPS) is 21.8. The average Bonchev–Trinajstić information content (AvgIpc) is 2.88. The first-order valence-corrected chi connectivity index (χ1v) is 7.24. The van der Waals surface area contributed by atoms with Crippen molar-refractivity contribution in [2.24, 2.45) is 0 Å². The fraction of sp³-hybridized carbons (Fsp3) is 0.667. The Labute approximate surface area is 109 Å². The fourth-order valence-corrected chi connectivity index (χ4v) is 3.55. The molecule has 2 aliphatic heterocycles. The average molecular weight is 268 g/mol. The van der Waals surface area contributed by atoms with Crippen molar-refractivity contribution in [1.82, 2.24) is 9.97 Å². The molecule has 3 heterocycles. The molecule has 6 heteroatoms. The molecule has 0 saturated carbocycles. The zero-order valence-corrected chi connectivity index (χ0v) is 11.1. The van der Waals surface area contributed by atoms with Gasteiger partial charge in [-0.1, -0.05) is 0 Å². The number of ether oxygens (including phenoxy) is 2. The standard InChI is InChI=1S/C12H16N2O3S/c1-16-12(2-4-17-5-3-12)11-13-9-7-18-6-8(9)10(15)14-11/h2-7H2,1H3,(H,13,14,15). The van der Waals surface area contributed by atoms with Crippen LogP contribution in [0.2, 0.25) is 0 Å². The zero-order chi connectivity index (χ0) is 12.6. The van der Waals surface area contributed by atoms with Crippen LogP contribution in [0.3, 0.4) is 0 Å². The Kier molecular flexibility index (Phi) is 3.17. The number of nitrogens with one attached hydrogen (secondary N) is 1. The van der Waals surface area contributed by atoms with Crippen molar-refractivity contribution in [2.75, 3.05) is 20.3 Å². The number of methoxy groups -OCH3 is 1. The van der Waals surface area contributed by atoms with Crippen molar-refractivity contribution in [3.63, 3.8) is 0 Å². The Morgan fingerprint density at radius 1 is 1.39 bits per heavy atom. The number of hydrogen-bond donors (Lipinski definition) is 1. The molecule has 98 valence electrons. The van der Waals surface area contributed by atoms with Gasteiger partial charge < -0.3 is 14.5 Å². The summed E-state index contributed by atoms with van der Waals surface area (Å²) in [5.41, 5.74) is 1.24. The fourth-order valence-electron chi connectivity index (χ4n) is 2.52. The first kappa shape index (κ1) is 12.2. The zero-order valence-electron chi connectivity index (χ0n) is 10.3. The van der Waals surface area contributed by atoms with Crippen LogP contribution in [0.4, 0.5) is 0 Å². The van der Waals surface area contributed by atoms with Crippen LogP contribution in [0, 0.1) is 0 Å². The SMILES string of the molecule is COC1(c2nc3c(c(=O)[nH]2)CSC3)CCOCC1. The highest BCUT2D eigenvalue weighted by Gasteiger charge is 2.38. The predicted molar refractivity (Wildman–Crippen MR) is 68.6 cm³/mol. The first-order chi connectivity index (χ1) is 8.75. The molecule has 0 aromatic carbocycles. The van der Waals surface area contributed by atoms with E-state index in [1.165, 1.54) is 0 Å². The van der Waals surface area contributed by atoms with Gasteiger partial charge >= 0.3 is 0 Å². The van der Waals surface area contributed by atoms with E-state index in [4.69, 9.17) is 9.47 Å². The minimum Gasteiger partial charge on any atom is -0.381 e. The van der Waals surface area contributed by atoms with E-state index in [0.717, 1.165) is 35.6 Å². The van der Waals surface area contributed by atoms with E-state index in [2.05, 4.69) is 9.97 Å². The van der Waals surface area contributed by atoms with Gasteiger partial charge in [0.2, 0.25) is 0 Å². The molecule has 2 aliphatic rings. The number of rotatable bonds is 2. The molecule has 1 aromatic rings. The third-order valence-corrected chi connectivity index (χ3v) is 4.68. The summed E-state index contributed by atoms with van der Waals surface area (Å²) in [4.78, 5) is 19.6. The largest absolute Gasteiger partial charge is 0.381 e. The van der Waals surface area contributed by atoms with Gasteiger partial charge in [0.25, 0.3) is 5.56 Å². The molecule has 1 N–H and O–H groups in total. The molecule has 0 amide bonds. The van der Waals surface area contributed by atoms with Gasteiger partial charge in [0.1, 0.15) is 11.4 Å². The van der Waals surface area contributed by atoms with Crippen LogP contribution in [0.25, 0.3) is 0 Å². The molecule has 0 aliphatic carbocycles. The number of H-pyrrole nitrogens is 1. The molecule has 0 atom stereocenters. The summed E-state index contributed by atoms with van der Waals surface area (Å²) in [6.07, 6.45) is 1.47. The van der Waals surface area contributed by atoms with Crippen LogP contribution >= 0.6 is 11.8 Å². The third kappa shape index (κ3) is 1.88. The van der Waals surface area contributed by atoms with Gasteiger partial charge in [0, 0.05) is 50.2 Å². The smallest absolute Gasteiger partial charge is 0.255 e. The number of aromatic amines is 1.